The number of carbonyl (C=O) groups is 1. The maximum absolute atomic E-state index is 11.7. The minimum absolute atomic E-state index is 0.187. The Morgan fingerprint density at radius 3 is 2.67 bits per heavy atom. The van der Waals surface area contributed by atoms with Crippen LogP contribution in [0.1, 0.15) is 52.3 Å². The molecule has 0 fully saturated rings. The van der Waals surface area contributed by atoms with E-state index in [-0.39, 0.29) is 5.41 Å². The molecule has 11 heteroatoms. The SMILES string of the molecule is Cc1cc(-c2ccnc(Nc3cnn(CI)c3)n2)ccc1CNCc1nc(C(C)(C)C)sc1C(=O)O. The number of benzene rings is 1. The number of carboxylic acids is 1. The molecule has 0 atom stereocenters. The monoisotopic (exact) mass is 617 g/mol. The van der Waals surface area contributed by atoms with Gasteiger partial charge in [0.15, 0.2) is 0 Å². The van der Waals surface area contributed by atoms with Gasteiger partial charge in [-0.15, -0.1) is 11.3 Å². The molecule has 9 nitrogen and oxygen atoms in total. The summed E-state index contributed by atoms with van der Waals surface area (Å²) in [5.41, 5.74) is 5.28. The Labute approximate surface area is 227 Å². The highest BCUT2D eigenvalue weighted by atomic mass is 127. The Hall–Kier alpha value is -2.90. The zero-order valence-electron chi connectivity index (χ0n) is 20.5. The van der Waals surface area contributed by atoms with Gasteiger partial charge < -0.3 is 15.7 Å². The highest BCUT2D eigenvalue weighted by molar-refractivity contribution is 14.1. The molecule has 0 amide bonds. The summed E-state index contributed by atoms with van der Waals surface area (Å²) in [6, 6.07) is 8.08. The van der Waals surface area contributed by atoms with Crippen LogP contribution in [0.25, 0.3) is 11.3 Å². The summed E-state index contributed by atoms with van der Waals surface area (Å²) in [5.74, 6) is -0.422. The van der Waals surface area contributed by atoms with Crippen LogP contribution in [0, 0.1) is 6.92 Å². The summed E-state index contributed by atoms with van der Waals surface area (Å²) in [6.45, 7) is 9.17. The molecule has 1 aromatic carbocycles. The van der Waals surface area contributed by atoms with Gasteiger partial charge in [-0.1, -0.05) is 55.5 Å². The lowest BCUT2D eigenvalue weighted by molar-refractivity contribution is 0.0700. The van der Waals surface area contributed by atoms with Gasteiger partial charge in [-0.05, 0) is 30.2 Å². The van der Waals surface area contributed by atoms with Crippen LogP contribution in [0.15, 0.2) is 42.9 Å². The number of aromatic carboxylic acids is 1. The van der Waals surface area contributed by atoms with E-state index in [1.165, 1.54) is 11.3 Å². The fourth-order valence-electron chi connectivity index (χ4n) is 3.53. The second-order valence-corrected chi connectivity index (χ2v) is 11.1. The third kappa shape index (κ3) is 6.26. The maximum atomic E-state index is 11.7. The smallest absolute Gasteiger partial charge is 0.347 e. The van der Waals surface area contributed by atoms with E-state index in [4.69, 9.17) is 0 Å². The van der Waals surface area contributed by atoms with Crippen LogP contribution in [0.2, 0.25) is 0 Å². The molecule has 0 aliphatic heterocycles. The Kier molecular flexibility index (Phi) is 8.00. The fraction of sp³-hybridized carbons (Fsp3) is 0.320. The lowest BCUT2D eigenvalue weighted by Gasteiger charge is -2.13. The van der Waals surface area contributed by atoms with Crippen molar-refractivity contribution >= 4 is 51.5 Å². The topological polar surface area (TPSA) is 118 Å². The van der Waals surface area contributed by atoms with E-state index in [9.17, 15) is 9.90 Å². The summed E-state index contributed by atoms with van der Waals surface area (Å²) < 4.78 is 2.59. The van der Waals surface area contributed by atoms with Crippen LogP contribution >= 0.6 is 33.9 Å². The highest BCUT2D eigenvalue weighted by Crippen LogP contribution is 2.29. The van der Waals surface area contributed by atoms with E-state index < -0.39 is 5.97 Å². The molecule has 36 heavy (non-hydrogen) atoms. The van der Waals surface area contributed by atoms with Crippen LogP contribution in [0.3, 0.4) is 0 Å². The predicted molar refractivity (Wildman–Crippen MR) is 150 cm³/mol. The fourth-order valence-corrected chi connectivity index (χ4v) is 4.88. The van der Waals surface area contributed by atoms with Crippen LogP contribution in [-0.4, -0.2) is 35.8 Å². The summed E-state index contributed by atoms with van der Waals surface area (Å²) >= 11 is 3.50. The normalized spacial score (nSPS) is 11.6. The van der Waals surface area contributed by atoms with Gasteiger partial charge in [0.05, 0.1) is 32.8 Å². The van der Waals surface area contributed by atoms with Gasteiger partial charge in [0, 0.05) is 36.5 Å². The van der Waals surface area contributed by atoms with Crippen molar-refractivity contribution in [1.29, 1.82) is 0 Å². The lowest BCUT2D eigenvalue weighted by Crippen LogP contribution is -2.16. The molecule has 0 aliphatic carbocycles. The predicted octanol–water partition coefficient (Wildman–Crippen LogP) is 5.53. The van der Waals surface area contributed by atoms with Crippen molar-refractivity contribution in [2.45, 2.75) is 50.8 Å². The number of aromatic nitrogens is 5. The van der Waals surface area contributed by atoms with Crippen molar-refractivity contribution in [3.05, 3.63) is 69.6 Å². The van der Waals surface area contributed by atoms with Crippen molar-refractivity contribution in [3.63, 3.8) is 0 Å². The molecule has 0 saturated heterocycles. The van der Waals surface area contributed by atoms with Crippen molar-refractivity contribution < 1.29 is 9.90 Å². The van der Waals surface area contributed by atoms with E-state index in [1.54, 1.807) is 12.4 Å². The average molecular weight is 618 g/mol. The van der Waals surface area contributed by atoms with Gasteiger partial charge in [-0.25, -0.2) is 19.7 Å². The third-order valence-electron chi connectivity index (χ3n) is 5.45. The summed E-state index contributed by atoms with van der Waals surface area (Å²) in [6.07, 6.45) is 5.39. The van der Waals surface area contributed by atoms with Crippen molar-refractivity contribution in [2.75, 3.05) is 5.32 Å². The number of thiazole rings is 1. The number of anilines is 2. The minimum Gasteiger partial charge on any atom is -0.477 e. The number of aryl methyl sites for hydroxylation is 1. The number of halogens is 1. The van der Waals surface area contributed by atoms with Gasteiger partial charge in [-0.3, -0.25) is 4.68 Å². The third-order valence-corrected chi connectivity index (χ3v) is 7.66. The first-order chi connectivity index (χ1) is 17.1. The summed E-state index contributed by atoms with van der Waals surface area (Å²) in [7, 11) is 0. The molecule has 3 heterocycles. The number of alkyl halides is 1. The van der Waals surface area contributed by atoms with E-state index in [2.05, 4.69) is 72.3 Å². The van der Waals surface area contributed by atoms with Crippen LogP contribution in [0.4, 0.5) is 11.6 Å². The number of hydrogen-bond donors (Lipinski definition) is 3. The van der Waals surface area contributed by atoms with Gasteiger partial charge >= 0.3 is 5.97 Å². The first-order valence-corrected chi connectivity index (χ1v) is 13.7. The van der Waals surface area contributed by atoms with Gasteiger partial charge in [0.1, 0.15) is 4.88 Å². The molecular weight excluding hydrogens is 589 g/mol. The molecule has 0 bridgehead atoms. The van der Waals surface area contributed by atoms with E-state index in [0.29, 0.717) is 29.6 Å². The molecule has 0 aliphatic rings. The number of nitrogens with one attached hydrogen (secondary N) is 2. The molecule has 3 aromatic heterocycles. The summed E-state index contributed by atoms with van der Waals surface area (Å²) in [5, 5.41) is 21.2. The second-order valence-electron chi connectivity index (χ2n) is 9.37. The summed E-state index contributed by atoms with van der Waals surface area (Å²) in [4.78, 5) is 25.6. The number of rotatable bonds is 9. The average Bonchev–Trinajstić information content (AvgIpc) is 3.47. The molecular formula is C25H28IN7O2S. The highest BCUT2D eigenvalue weighted by Gasteiger charge is 2.24. The second kappa shape index (κ2) is 11.0. The van der Waals surface area contributed by atoms with E-state index in [0.717, 1.165) is 37.6 Å². The van der Waals surface area contributed by atoms with Crippen molar-refractivity contribution in [1.82, 2.24) is 30.0 Å². The van der Waals surface area contributed by atoms with Crippen LogP contribution in [-0.2, 0) is 23.1 Å². The zero-order chi connectivity index (χ0) is 25.9. The molecule has 0 saturated carbocycles. The standard InChI is InChI=1S/C25H28IN7O2S/c1-15-9-16(19-7-8-28-24(32-19)30-18-11-29-33(13-18)14-26)5-6-17(15)10-27-12-20-21(22(34)35)36-23(31-20)25(2,3)4/h5-9,11,13,27H,10,12,14H2,1-4H3,(H,34,35)(H,28,30,32). The molecule has 0 unspecified atom stereocenters. The quantitative estimate of drug-likeness (QED) is 0.166. The lowest BCUT2D eigenvalue weighted by atomic mass is 9.98. The maximum Gasteiger partial charge on any atom is 0.347 e. The molecule has 4 aromatic rings. The Morgan fingerprint density at radius 1 is 1.19 bits per heavy atom. The van der Waals surface area contributed by atoms with Crippen LogP contribution < -0.4 is 10.6 Å². The van der Waals surface area contributed by atoms with Crippen molar-refractivity contribution in [3.8, 4) is 11.3 Å². The minimum atomic E-state index is -0.933. The Balaban J connectivity index is 1.43. The molecule has 0 radical (unpaired) electrons. The van der Waals surface area contributed by atoms with E-state index >= 15 is 0 Å². The molecule has 3 N–H and O–H groups in total. The van der Waals surface area contributed by atoms with Gasteiger partial charge in [-0.2, -0.15) is 5.10 Å². The number of carboxylic acid groups (broad SMARTS) is 1. The first-order valence-electron chi connectivity index (χ1n) is 11.4. The number of nitrogens with zero attached hydrogens (tertiary/aromatic N) is 5. The van der Waals surface area contributed by atoms with E-state index in [1.807, 2.05) is 43.8 Å². The van der Waals surface area contributed by atoms with Crippen molar-refractivity contribution in [2.24, 2.45) is 0 Å². The Bertz CT molecular complexity index is 1380. The number of hydrogen-bond acceptors (Lipinski definition) is 8. The van der Waals surface area contributed by atoms with Gasteiger partial charge in [0.25, 0.3) is 0 Å². The zero-order valence-corrected chi connectivity index (χ0v) is 23.5. The Morgan fingerprint density at radius 2 is 2.00 bits per heavy atom. The molecule has 4 rings (SSSR count). The first kappa shape index (κ1) is 26.2. The largest absolute Gasteiger partial charge is 0.477 e. The van der Waals surface area contributed by atoms with Gasteiger partial charge in [0.2, 0.25) is 5.95 Å². The van der Waals surface area contributed by atoms with Crippen LogP contribution in [0.5, 0.6) is 0 Å². The molecule has 188 valence electrons. The molecule has 0 spiro atoms.